The quantitative estimate of drug-likeness (QED) is 0.630. The van der Waals surface area contributed by atoms with Gasteiger partial charge in [0.05, 0.1) is 11.1 Å². The average Bonchev–Trinajstić information content (AvgIpc) is 2.72. The molecule has 0 radical (unpaired) electrons. The van der Waals surface area contributed by atoms with Gasteiger partial charge in [-0.25, -0.2) is 9.59 Å². The van der Waals surface area contributed by atoms with E-state index in [9.17, 15) is 29.4 Å². The van der Waals surface area contributed by atoms with Crippen molar-refractivity contribution < 1.29 is 29.4 Å². The molecule has 3 rings (SSSR count). The lowest BCUT2D eigenvalue weighted by atomic mass is 9.86. The second kappa shape index (κ2) is 7.67. The van der Waals surface area contributed by atoms with Crippen molar-refractivity contribution in [1.82, 2.24) is 0 Å². The summed E-state index contributed by atoms with van der Waals surface area (Å²) < 4.78 is 0. The first-order valence-corrected chi connectivity index (χ1v) is 8.21. The third-order valence-electron chi connectivity index (χ3n) is 4.34. The van der Waals surface area contributed by atoms with Crippen molar-refractivity contribution in [2.24, 2.45) is 0 Å². The maximum Gasteiger partial charge on any atom is 0.336 e. The third-order valence-corrected chi connectivity index (χ3v) is 4.34. The molecule has 0 atom stereocenters. The highest BCUT2D eigenvalue weighted by atomic mass is 16.4. The fraction of sp³-hybridized carbons (Fsp3) is 0. The SMILES string of the molecule is O=Cc1ccc(-c2c(C(=O)O)ccc(C(=O)O)c2-c2ccc(C=O)cc2)cc1. The van der Waals surface area contributed by atoms with Crippen molar-refractivity contribution in [3.05, 3.63) is 82.9 Å². The van der Waals surface area contributed by atoms with Gasteiger partial charge in [-0.3, -0.25) is 9.59 Å². The maximum atomic E-state index is 11.8. The van der Waals surface area contributed by atoms with E-state index in [1.807, 2.05) is 0 Å². The summed E-state index contributed by atoms with van der Waals surface area (Å²) in [4.78, 5) is 45.5. The molecule has 0 aliphatic carbocycles. The number of rotatable bonds is 6. The van der Waals surface area contributed by atoms with Crippen LogP contribution in [0, 0.1) is 0 Å². The van der Waals surface area contributed by atoms with Gasteiger partial charge in [0.1, 0.15) is 12.6 Å². The number of carbonyl (C=O) groups excluding carboxylic acids is 2. The minimum absolute atomic E-state index is 0.0710. The number of carboxylic acid groups (broad SMARTS) is 2. The Bertz CT molecular complexity index is 991. The molecule has 28 heavy (non-hydrogen) atoms. The fourth-order valence-electron chi connectivity index (χ4n) is 3.02. The topological polar surface area (TPSA) is 109 Å². The van der Waals surface area contributed by atoms with Crippen molar-refractivity contribution in [2.75, 3.05) is 0 Å². The monoisotopic (exact) mass is 374 g/mol. The van der Waals surface area contributed by atoms with Gasteiger partial charge in [-0.2, -0.15) is 0 Å². The van der Waals surface area contributed by atoms with E-state index in [4.69, 9.17) is 0 Å². The molecule has 3 aromatic rings. The molecular weight excluding hydrogens is 360 g/mol. The van der Waals surface area contributed by atoms with E-state index in [0.717, 1.165) is 0 Å². The van der Waals surface area contributed by atoms with Crippen LogP contribution >= 0.6 is 0 Å². The minimum Gasteiger partial charge on any atom is -0.478 e. The van der Waals surface area contributed by atoms with E-state index in [1.165, 1.54) is 36.4 Å². The number of hydrogen-bond donors (Lipinski definition) is 2. The molecule has 0 aliphatic heterocycles. The van der Waals surface area contributed by atoms with Crippen LogP contribution in [0.3, 0.4) is 0 Å². The Hall–Kier alpha value is -4.06. The zero-order valence-corrected chi connectivity index (χ0v) is 14.5. The van der Waals surface area contributed by atoms with Crippen LogP contribution in [0.25, 0.3) is 22.3 Å². The summed E-state index contributed by atoms with van der Waals surface area (Å²) in [5.74, 6) is -2.42. The number of benzene rings is 3. The van der Waals surface area contributed by atoms with E-state index in [1.54, 1.807) is 24.3 Å². The molecule has 3 aromatic carbocycles. The van der Waals surface area contributed by atoms with Crippen molar-refractivity contribution in [3.8, 4) is 22.3 Å². The van der Waals surface area contributed by atoms with Gasteiger partial charge in [0.15, 0.2) is 0 Å². The summed E-state index contributed by atoms with van der Waals surface area (Å²) in [5, 5.41) is 19.3. The van der Waals surface area contributed by atoms with Crippen molar-refractivity contribution >= 4 is 24.5 Å². The zero-order chi connectivity index (χ0) is 20.3. The maximum absolute atomic E-state index is 11.8. The van der Waals surface area contributed by atoms with E-state index < -0.39 is 11.9 Å². The van der Waals surface area contributed by atoms with E-state index in [0.29, 0.717) is 34.8 Å². The summed E-state index contributed by atoms with van der Waals surface area (Å²) in [6, 6.07) is 14.9. The number of hydrogen-bond acceptors (Lipinski definition) is 4. The highest BCUT2D eigenvalue weighted by Crippen LogP contribution is 2.38. The molecule has 0 saturated heterocycles. The predicted octanol–water partition coefficient (Wildman–Crippen LogP) is 4.04. The smallest absolute Gasteiger partial charge is 0.336 e. The van der Waals surface area contributed by atoms with Crippen LogP contribution in [0.5, 0.6) is 0 Å². The van der Waals surface area contributed by atoms with Gasteiger partial charge in [0.25, 0.3) is 0 Å². The lowest BCUT2D eigenvalue weighted by molar-refractivity contribution is 0.0682. The van der Waals surface area contributed by atoms with Crippen LogP contribution in [0.4, 0.5) is 0 Å². The molecule has 2 N–H and O–H groups in total. The van der Waals surface area contributed by atoms with Crippen LogP contribution in [-0.4, -0.2) is 34.7 Å². The largest absolute Gasteiger partial charge is 0.478 e. The van der Waals surface area contributed by atoms with Crippen molar-refractivity contribution in [2.45, 2.75) is 0 Å². The molecule has 6 heteroatoms. The Balaban J connectivity index is 2.39. The summed E-state index contributed by atoms with van der Waals surface area (Å²) in [5.41, 5.74) is 2.05. The van der Waals surface area contributed by atoms with Gasteiger partial charge in [-0.15, -0.1) is 0 Å². The molecule has 138 valence electrons. The molecular formula is C22H14O6. The zero-order valence-electron chi connectivity index (χ0n) is 14.5. The van der Waals surface area contributed by atoms with Gasteiger partial charge in [-0.1, -0.05) is 48.5 Å². The molecule has 0 fully saturated rings. The number of carboxylic acids is 2. The van der Waals surface area contributed by atoms with Crippen LogP contribution in [0.15, 0.2) is 60.7 Å². The van der Waals surface area contributed by atoms with Gasteiger partial charge < -0.3 is 10.2 Å². The lowest BCUT2D eigenvalue weighted by Gasteiger charge is -2.16. The Morgan fingerprint density at radius 2 is 0.893 bits per heavy atom. The normalized spacial score (nSPS) is 10.3. The van der Waals surface area contributed by atoms with Gasteiger partial charge in [0.2, 0.25) is 0 Å². The van der Waals surface area contributed by atoms with Crippen LogP contribution in [0.2, 0.25) is 0 Å². The summed E-state index contributed by atoms with van der Waals surface area (Å²) in [7, 11) is 0. The van der Waals surface area contributed by atoms with E-state index >= 15 is 0 Å². The Labute approximate surface area is 159 Å². The standard InChI is InChI=1S/C22H14O6/c23-11-13-1-5-15(6-2-13)19-17(21(25)26)9-10-18(22(27)28)20(19)16-7-3-14(12-24)4-8-16/h1-12H,(H,25,26)(H,27,28). The highest BCUT2D eigenvalue weighted by molar-refractivity contribution is 6.08. The van der Waals surface area contributed by atoms with Crippen LogP contribution in [-0.2, 0) is 0 Å². The van der Waals surface area contributed by atoms with Gasteiger partial charge in [-0.05, 0) is 23.3 Å². The summed E-state index contributed by atoms with van der Waals surface area (Å²) >= 11 is 0. The molecule has 0 unspecified atom stereocenters. The molecule has 6 nitrogen and oxygen atoms in total. The Morgan fingerprint density at radius 3 is 1.14 bits per heavy atom. The second-order valence-corrected chi connectivity index (χ2v) is 6.00. The van der Waals surface area contributed by atoms with Gasteiger partial charge >= 0.3 is 11.9 Å². The minimum atomic E-state index is -1.21. The summed E-state index contributed by atoms with van der Waals surface area (Å²) in [6.07, 6.45) is 1.32. The first kappa shape index (κ1) is 18.7. The van der Waals surface area contributed by atoms with Crippen molar-refractivity contribution in [1.29, 1.82) is 0 Å². The molecule has 0 aromatic heterocycles. The molecule has 0 saturated carbocycles. The molecule has 0 aliphatic rings. The Kier molecular flexibility index (Phi) is 5.13. The van der Waals surface area contributed by atoms with E-state index in [2.05, 4.69) is 0 Å². The fourth-order valence-corrected chi connectivity index (χ4v) is 3.02. The second-order valence-electron chi connectivity index (χ2n) is 6.00. The van der Waals surface area contributed by atoms with Gasteiger partial charge in [0, 0.05) is 22.3 Å². The number of aldehydes is 2. The van der Waals surface area contributed by atoms with Crippen molar-refractivity contribution in [3.63, 3.8) is 0 Å². The lowest BCUT2D eigenvalue weighted by Crippen LogP contribution is -2.07. The summed E-state index contributed by atoms with van der Waals surface area (Å²) in [6.45, 7) is 0. The highest BCUT2D eigenvalue weighted by Gasteiger charge is 2.23. The van der Waals surface area contributed by atoms with Crippen LogP contribution < -0.4 is 0 Å². The molecule has 0 bridgehead atoms. The Morgan fingerprint density at radius 1 is 0.571 bits per heavy atom. The first-order chi connectivity index (χ1) is 13.5. The molecule has 0 spiro atoms. The molecule has 0 amide bonds. The third kappa shape index (κ3) is 3.43. The average molecular weight is 374 g/mol. The van der Waals surface area contributed by atoms with Crippen LogP contribution in [0.1, 0.15) is 41.4 Å². The van der Waals surface area contributed by atoms with E-state index in [-0.39, 0.29) is 22.3 Å². The number of aromatic carboxylic acids is 2. The molecule has 0 heterocycles. The first-order valence-electron chi connectivity index (χ1n) is 8.21. The predicted molar refractivity (Wildman–Crippen MR) is 102 cm³/mol. The number of carbonyl (C=O) groups is 4.